The highest BCUT2D eigenvalue weighted by Gasteiger charge is 2.47. The van der Waals surface area contributed by atoms with Crippen LogP contribution >= 0.6 is 11.3 Å². The molecular formula is C14H19N3O3S. The Hall–Kier alpha value is -1.47. The summed E-state index contributed by atoms with van der Waals surface area (Å²) in [5.41, 5.74) is 0.870. The molecule has 0 bridgehead atoms. The minimum absolute atomic E-state index is 0.128. The molecule has 2 aliphatic rings. The minimum atomic E-state index is -0.803. The van der Waals surface area contributed by atoms with Crippen LogP contribution in [-0.4, -0.2) is 46.0 Å². The lowest BCUT2D eigenvalue weighted by Gasteiger charge is -2.23. The van der Waals surface area contributed by atoms with Crippen molar-refractivity contribution in [2.24, 2.45) is 11.8 Å². The Balaban J connectivity index is 1.63. The highest BCUT2D eigenvalue weighted by molar-refractivity contribution is 7.13. The Kier molecular flexibility index (Phi) is 3.95. The second-order valence-corrected chi connectivity index (χ2v) is 6.77. The van der Waals surface area contributed by atoms with Gasteiger partial charge in [-0.25, -0.2) is 4.98 Å². The van der Waals surface area contributed by atoms with Crippen LogP contribution in [0, 0.1) is 18.8 Å². The second-order valence-electron chi connectivity index (χ2n) is 5.91. The molecule has 0 radical (unpaired) electrons. The molecule has 114 valence electrons. The number of carboxylic acids is 1. The number of thiazole rings is 1. The van der Waals surface area contributed by atoms with Crippen LogP contribution in [0.5, 0.6) is 0 Å². The Morgan fingerprint density at radius 3 is 3.00 bits per heavy atom. The van der Waals surface area contributed by atoms with Crippen LogP contribution in [0.2, 0.25) is 0 Å². The zero-order chi connectivity index (χ0) is 15.0. The van der Waals surface area contributed by atoms with Crippen molar-refractivity contribution in [2.45, 2.75) is 32.2 Å². The summed E-state index contributed by atoms with van der Waals surface area (Å²) < 4.78 is 0. The van der Waals surface area contributed by atoms with Crippen LogP contribution in [0.4, 0.5) is 5.13 Å². The van der Waals surface area contributed by atoms with E-state index < -0.39 is 12.0 Å². The Morgan fingerprint density at radius 2 is 2.33 bits per heavy atom. The van der Waals surface area contributed by atoms with Crippen molar-refractivity contribution in [3.63, 3.8) is 0 Å². The number of aromatic nitrogens is 1. The lowest BCUT2D eigenvalue weighted by Crippen LogP contribution is -2.43. The lowest BCUT2D eigenvalue weighted by molar-refractivity contribution is -0.143. The number of aliphatic carboxylic acids is 1. The average Bonchev–Trinajstić information content (AvgIpc) is 3.04. The van der Waals surface area contributed by atoms with Crippen LogP contribution in [0.25, 0.3) is 0 Å². The normalized spacial score (nSPS) is 28.5. The van der Waals surface area contributed by atoms with Gasteiger partial charge in [0.05, 0.1) is 12.2 Å². The summed E-state index contributed by atoms with van der Waals surface area (Å²) in [6.07, 6.45) is 3.15. The van der Waals surface area contributed by atoms with Gasteiger partial charge in [0, 0.05) is 11.9 Å². The van der Waals surface area contributed by atoms with E-state index in [0.29, 0.717) is 17.6 Å². The number of hydrogen-bond acceptors (Lipinski definition) is 5. The van der Waals surface area contributed by atoms with E-state index in [4.69, 9.17) is 0 Å². The number of carbonyl (C=O) groups excluding carboxylic acids is 1. The van der Waals surface area contributed by atoms with E-state index in [1.807, 2.05) is 17.2 Å². The smallest absolute Gasteiger partial charge is 0.321 e. The van der Waals surface area contributed by atoms with Crippen molar-refractivity contribution in [3.8, 4) is 0 Å². The van der Waals surface area contributed by atoms with E-state index in [0.717, 1.165) is 25.0 Å². The van der Waals surface area contributed by atoms with Crippen LogP contribution < -0.4 is 5.32 Å². The minimum Gasteiger partial charge on any atom is -0.480 e. The maximum Gasteiger partial charge on any atom is 0.321 e. The van der Waals surface area contributed by atoms with Gasteiger partial charge >= 0.3 is 5.97 Å². The molecule has 2 fully saturated rings. The zero-order valence-electron chi connectivity index (χ0n) is 11.9. The van der Waals surface area contributed by atoms with Gasteiger partial charge in [-0.2, -0.15) is 0 Å². The molecule has 3 rings (SSSR count). The summed E-state index contributed by atoms with van der Waals surface area (Å²) >= 11 is 1.38. The Bertz CT molecular complexity index is 559. The van der Waals surface area contributed by atoms with Crippen molar-refractivity contribution >= 4 is 28.3 Å². The van der Waals surface area contributed by atoms with Gasteiger partial charge in [0.1, 0.15) is 6.04 Å². The molecule has 1 saturated carbocycles. The van der Waals surface area contributed by atoms with E-state index in [9.17, 15) is 14.7 Å². The summed E-state index contributed by atoms with van der Waals surface area (Å²) in [5.74, 6) is -0.351. The summed E-state index contributed by atoms with van der Waals surface area (Å²) in [6.45, 7) is 2.71. The first-order valence-corrected chi connectivity index (χ1v) is 8.11. The van der Waals surface area contributed by atoms with Crippen molar-refractivity contribution < 1.29 is 14.7 Å². The number of rotatable bonds is 4. The molecule has 0 aromatic carbocycles. The Morgan fingerprint density at radius 1 is 1.52 bits per heavy atom. The van der Waals surface area contributed by atoms with Crippen LogP contribution in [0.3, 0.4) is 0 Å². The fraction of sp³-hybridized carbons (Fsp3) is 0.643. The van der Waals surface area contributed by atoms with Gasteiger partial charge in [-0.05, 0) is 31.6 Å². The number of nitrogens with one attached hydrogen (secondary N) is 1. The molecule has 3 unspecified atom stereocenters. The number of nitrogens with zero attached hydrogens (tertiary/aromatic N) is 2. The van der Waals surface area contributed by atoms with E-state index in [2.05, 4.69) is 10.3 Å². The fourth-order valence-corrected chi connectivity index (χ4v) is 4.35. The predicted molar refractivity (Wildman–Crippen MR) is 79.3 cm³/mol. The molecule has 1 aromatic rings. The fourth-order valence-electron chi connectivity index (χ4n) is 3.65. The monoisotopic (exact) mass is 309 g/mol. The first kappa shape index (κ1) is 14.5. The number of likely N-dealkylation sites (tertiary alicyclic amines) is 1. The van der Waals surface area contributed by atoms with Crippen molar-refractivity contribution in [2.75, 3.05) is 18.4 Å². The summed E-state index contributed by atoms with van der Waals surface area (Å²) in [4.78, 5) is 29.6. The number of anilines is 1. The average molecular weight is 309 g/mol. The molecule has 1 saturated heterocycles. The van der Waals surface area contributed by atoms with Crippen molar-refractivity contribution in [1.29, 1.82) is 0 Å². The quantitative estimate of drug-likeness (QED) is 0.882. The van der Waals surface area contributed by atoms with Gasteiger partial charge < -0.3 is 10.4 Å². The van der Waals surface area contributed by atoms with E-state index in [-0.39, 0.29) is 18.4 Å². The Labute approximate surface area is 127 Å². The molecule has 1 aromatic heterocycles. The van der Waals surface area contributed by atoms with Gasteiger partial charge in [-0.1, -0.05) is 6.42 Å². The third-order valence-corrected chi connectivity index (χ3v) is 5.33. The molecular weight excluding hydrogens is 290 g/mol. The number of amides is 1. The molecule has 7 heteroatoms. The van der Waals surface area contributed by atoms with E-state index in [1.54, 1.807) is 0 Å². The number of aryl methyl sites for hydroxylation is 1. The summed E-state index contributed by atoms with van der Waals surface area (Å²) in [7, 11) is 0. The first-order chi connectivity index (χ1) is 10.0. The van der Waals surface area contributed by atoms with Crippen molar-refractivity contribution in [3.05, 3.63) is 11.1 Å². The summed E-state index contributed by atoms with van der Waals surface area (Å²) in [5, 5.41) is 14.6. The predicted octanol–water partition coefficient (Wildman–Crippen LogP) is 1.58. The number of fused-ring (bicyclic) bond motifs is 1. The van der Waals surface area contributed by atoms with Crippen LogP contribution in [0.15, 0.2) is 5.38 Å². The molecule has 1 amide bonds. The molecule has 3 atom stereocenters. The molecule has 2 N–H and O–H groups in total. The molecule has 21 heavy (non-hydrogen) atoms. The lowest BCUT2D eigenvalue weighted by atomic mass is 9.94. The number of hydrogen-bond donors (Lipinski definition) is 2. The first-order valence-electron chi connectivity index (χ1n) is 7.23. The second kappa shape index (κ2) is 5.73. The summed E-state index contributed by atoms with van der Waals surface area (Å²) in [6, 6.07) is -0.513. The molecule has 2 heterocycles. The zero-order valence-corrected chi connectivity index (χ0v) is 12.7. The SMILES string of the molecule is Cc1csc(NC(=O)CN2CC3CCCC3C2C(=O)O)n1. The van der Waals surface area contributed by atoms with Gasteiger partial charge in [-0.3, -0.25) is 14.5 Å². The highest BCUT2D eigenvalue weighted by Crippen LogP contribution is 2.42. The van der Waals surface area contributed by atoms with Gasteiger partial charge in [0.2, 0.25) is 5.91 Å². The third-order valence-electron chi connectivity index (χ3n) is 4.45. The van der Waals surface area contributed by atoms with Crippen molar-refractivity contribution in [1.82, 2.24) is 9.88 Å². The van der Waals surface area contributed by atoms with Gasteiger partial charge in [-0.15, -0.1) is 11.3 Å². The van der Waals surface area contributed by atoms with Crippen LogP contribution in [-0.2, 0) is 9.59 Å². The van der Waals surface area contributed by atoms with E-state index >= 15 is 0 Å². The van der Waals surface area contributed by atoms with Crippen LogP contribution in [0.1, 0.15) is 25.0 Å². The molecule has 6 nitrogen and oxygen atoms in total. The number of carbonyl (C=O) groups is 2. The largest absolute Gasteiger partial charge is 0.480 e. The van der Waals surface area contributed by atoms with E-state index in [1.165, 1.54) is 11.3 Å². The topological polar surface area (TPSA) is 82.5 Å². The standard InChI is InChI=1S/C14H19N3O3S/c1-8-7-21-14(15-8)16-11(18)6-17-5-9-3-2-4-10(9)12(17)13(19)20/h7,9-10,12H,2-6H2,1H3,(H,19,20)(H,15,16,18). The molecule has 0 spiro atoms. The maximum absolute atomic E-state index is 12.1. The van der Waals surface area contributed by atoms with Gasteiger partial charge in [0.15, 0.2) is 5.13 Å². The highest BCUT2D eigenvalue weighted by atomic mass is 32.1. The third kappa shape index (κ3) is 2.94. The maximum atomic E-state index is 12.1. The van der Waals surface area contributed by atoms with Gasteiger partial charge in [0.25, 0.3) is 0 Å². The number of carboxylic acid groups (broad SMARTS) is 1. The molecule has 1 aliphatic heterocycles. The molecule has 1 aliphatic carbocycles.